The molecule has 0 N–H and O–H groups in total. The van der Waals surface area contributed by atoms with E-state index in [0.717, 1.165) is 49.4 Å². The molecule has 0 saturated carbocycles. The second-order valence-corrected chi connectivity index (χ2v) is 6.22. The molecule has 0 spiro atoms. The van der Waals surface area contributed by atoms with Gasteiger partial charge in [0.25, 0.3) is 0 Å². The summed E-state index contributed by atoms with van der Waals surface area (Å²) in [6.45, 7) is 5.71. The molecule has 1 aliphatic rings. The Kier molecular flexibility index (Phi) is 4.74. The predicted molar refractivity (Wildman–Crippen MR) is 89.1 cm³/mol. The molecule has 1 atom stereocenters. The van der Waals surface area contributed by atoms with Crippen molar-refractivity contribution in [2.24, 2.45) is 0 Å². The zero-order valence-electron chi connectivity index (χ0n) is 13.9. The Bertz CT molecular complexity index is 662. The molecule has 3 rings (SSSR count). The summed E-state index contributed by atoms with van der Waals surface area (Å²) in [7, 11) is 0. The Morgan fingerprint density at radius 3 is 2.96 bits per heavy atom. The van der Waals surface area contributed by atoms with Gasteiger partial charge in [0, 0.05) is 43.8 Å². The van der Waals surface area contributed by atoms with Crippen LogP contribution in [0.25, 0.3) is 0 Å². The number of imidazole rings is 1. The Morgan fingerprint density at radius 1 is 1.35 bits per heavy atom. The molecular formula is C18H24N4O. The first kappa shape index (κ1) is 15.7. The Hall–Kier alpha value is -2.17. The van der Waals surface area contributed by atoms with Crippen LogP contribution in [0.1, 0.15) is 42.9 Å². The topological polar surface area (TPSA) is 51.0 Å². The van der Waals surface area contributed by atoms with Crippen LogP contribution in [0.4, 0.5) is 0 Å². The smallest absolute Gasteiger partial charge is 0.227 e. The zero-order valence-corrected chi connectivity index (χ0v) is 13.9. The molecule has 122 valence electrons. The predicted octanol–water partition coefficient (Wildman–Crippen LogP) is 2.56. The molecule has 0 aliphatic carbocycles. The highest BCUT2D eigenvalue weighted by molar-refractivity contribution is 5.78. The van der Waals surface area contributed by atoms with Gasteiger partial charge in [-0.2, -0.15) is 0 Å². The molecular weight excluding hydrogens is 288 g/mol. The first-order valence-electron chi connectivity index (χ1n) is 8.38. The van der Waals surface area contributed by atoms with Gasteiger partial charge in [0.05, 0.1) is 12.5 Å². The van der Waals surface area contributed by atoms with Gasteiger partial charge in [-0.3, -0.25) is 9.78 Å². The van der Waals surface area contributed by atoms with E-state index in [-0.39, 0.29) is 5.91 Å². The third kappa shape index (κ3) is 3.60. The van der Waals surface area contributed by atoms with E-state index in [1.54, 1.807) is 6.20 Å². The fourth-order valence-corrected chi connectivity index (χ4v) is 3.25. The van der Waals surface area contributed by atoms with Gasteiger partial charge in [0.2, 0.25) is 5.91 Å². The average molecular weight is 312 g/mol. The SMILES string of the molecule is CCc1nccn1[C@@H]1CCCN(C(=O)Cc2ccc(C)nc2)C1. The number of carbonyl (C=O) groups is 1. The minimum absolute atomic E-state index is 0.193. The lowest BCUT2D eigenvalue weighted by Crippen LogP contribution is -2.41. The number of aromatic nitrogens is 3. The first-order chi connectivity index (χ1) is 11.2. The third-order valence-corrected chi connectivity index (χ3v) is 4.54. The summed E-state index contributed by atoms with van der Waals surface area (Å²) in [5, 5.41) is 0. The number of nitrogens with zero attached hydrogens (tertiary/aromatic N) is 4. The summed E-state index contributed by atoms with van der Waals surface area (Å²) in [6, 6.07) is 4.30. The molecule has 5 nitrogen and oxygen atoms in total. The van der Waals surface area contributed by atoms with Crippen molar-refractivity contribution < 1.29 is 4.79 Å². The fourth-order valence-electron chi connectivity index (χ4n) is 3.25. The third-order valence-electron chi connectivity index (χ3n) is 4.54. The maximum absolute atomic E-state index is 12.6. The lowest BCUT2D eigenvalue weighted by Gasteiger charge is -2.34. The Morgan fingerprint density at radius 2 is 2.22 bits per heavy atom. The number of hydrogen-bond acceptors (Lipinski definition) is 3. The quantitative estimate of drug-likeness (QED) is 0.872. The van der Waals surface area contributed by atoms with Crippen molar-refractivity contribution in [1.82, 2.24) is 19.4 Å². The molecule has 1 fully saturated rings. The van der Waals surface area contributed by atoms with E-state index in [1.165, 1.54) is 0 Å². The molecule has 1 aliphatic heterocycles. The number of hydrogen-bond donors (Lipinski definition) is 0. The molecule has 0 radical (unpaired) electrons. The van der Waals surface area contributed by atoms with Crippen LogP contribution in [0.3, 0.4) is 0 Å². The van der Waals surface area contributed by atoms with E-state index < -0.39 is 0 Å². The molecule has 0 bridgehead atoms. The monoisotopic (exact) mass is 312 g/mol. The number of aryl methyl sites for hydroxylation is 2. The largest absolute Gasteiger partial charge is 0.340 e. The Balaban J connectivity index is 1.66. The highest BCUT2D eigenvalue weighted by Gasteiger charge is 2.25. The van der Waals surface area contributed by atoms with Crippen molar-refractivity contribution in [3.63, 3.8) is 0 Å². The van der Waals surface area contributed by atoms with Gasteiger partial charge >= 0.3 is 0 Å². The molecule has 0 aromatic carbocycles. The van der Waals surface area contributed by atoms with Gasteiger partial charge in [0.15, 0.2) is 0 Å². The summed E-state index contributed by atoms with van der Waals surface area (Å²) in [4.78, 5) is 23.3. The summed E-state index contributed by atoms with van der Waals surface area (Å²) in [5.74, 6) is 1.30. The maximum Gasteiger partial charge on any atom is 0.227 e. The number of rotatable bonds is 4. The van der Waals surface area contributed by atoms with E-state index in [2.05, 4.69) is 21.5 Å². The van der Waals surface area contributed by atoms with Gasteiger partial charge in [0.1, 0.15) is 5.82 Å². The normalized spacial score (nSPS) is 18.2. The van der Waals surface area contributed by atoms with E-state index in [9.17, 15) is 4.79 Å². The highest BCUT2D eigenvalue weighted by Crippen LogP contribution is 2.23. The van der Waals surface area contributed by atoms with E-state index in [4.69, 9.17) is 0 Å². The van der Waals surface area contributed by atoms with Crippen LogP contribution in [0, 0.1) is 6.92 Å². The molecule has 2 aromatic heterocycles. The number of pyridine rings is 1. The van der Waals surface area contributed by atoms with Gasteiger partial charge in [-0.15, -0.1) is 0 Å². The molecule has 3 heterocycles. The summed E-state index contributed by atoms with van der Waals surface area (Å²) < 4.78 is 2.24. The van der Waals surface area contributed by atoms with Crippen molar-refractivity contribution >= 4 is 5.91 Å². The standard InChI is InChI=1S/C18H24N4O/c1-3-17-19-8-10-22(17)16-5-4-9-21(13-16)18(23)11-15-7-6-14(2)20-12-15/h6-8,10,12,16H,3-5,9,11,13H2,1-2H3/t16-/m1/s1. The van der Waals surface area contributed by atoms with Crippen molar-refractivity contribution in [3.05, 3.63) is 47.8 Å². The van der Waals surface area contributed by atoms with Crippen molar-refractivity contribution in [2.45, 2.75) is 45.6 Å². The minimum Gasteiger partial charge on any atom is -0.340 e. The highest BCUT2D eigenvalue weighted by atomic mass is 16.2. The number of carbonyl (C=O) groups excluding carboxylic acids is 1. The molecule has 1 amide bonds. The Labute approximate surface area is 137 Å². The molecule has 23 heavy (non-hydrogen) atoms. The van der Waals surface area contributed by atoms with Crippen LogP contribution in [-0.4, -0.2) is 38.4 Å². The van der Waals surface area contributed by atoms with Gasteiger partial charge in [-0.05, 0) is 31.4 Å². The number of likely N-dealkylation sites (tertiary alicyclic amines) is 1. The average Bonchev–Trinajstić information content (AvgIpc) is 3.06. The van der Waals surface area contributed by atoms with Crippen molar-refractivity contribution in [1.29, 1.82) is 0 Å². The molecule has 5 heteroatoms. The van der Waals surface area contributed by atoms with Crippen molar-refractivity contribution in [3.8, 4) is 0 Å². The van der Waals surface area contributed by atoms with Gasteiger partial charge in [-0.1, -0.05) is 13.0 Å². The van der Waals surface area contributed by atoms with Gasteiger partial charge < -0.3 is 9.47 Å². The first-order valence-corrected chi connectivity index (χ1v) is 8.38. The van der Waals surface area contributed by atoms with Crippen LogP contribution in [0.5, 0.6) is 0 Å². The summed E-state index contributed by atoms with van der Waals surface area (Å²) in [6.07, 6.45) is 9.22. The summed E-state index contributed by atoms with van der Waals surface area (Å²) >= 11 is 0. The maximum atomic E-state index is 12.6. The van der Waals surface area contributed by atoms with Crippen molar-refractivity contribution in [2.75, 3.05) is 13.1 Å². The van der Waals surface area contributed by atoms with E-state index in [1.807, 2.05) is 36.4 Å². The fraction of sp³-hybridized carbons (Fsp3) is 0.500. The molecule has 0 unspecified atom stereocenters. The minimum atomic E-state index is 0.193. The lowest BCUT2D eigenvalue weighted by atomic mass is 10.0. The van der Waals surface area contributed by atoms with E-state index >= 15 is 0 Å². The number of piperidine rings is 1. The van der Waals surface area contributed by atoms with Crippen LogP contribution in [0.2, 0.25) is 0 Å². The second kappa shape index (κ2) is 6.94. The second-order valence-electron chi connectivity index (χ2n) is 6.22. The van der Waals surface area contributed by atoms with Gasteiger partial charge in [-0.25, -0.2) is 4.98 Å². The number of amides is 1. The lowest BCUT2D eigenvalue weighted by molar-refractivity contribution is -0.132. The van der Waals surface area contributed by atoms with Crippen LogP contribution >= 0.6 is 0 Å². The molecule has 2 aromatic rings. The van der Waals surface area contributed by atoms with Crippen LogP contribution in [0.15, 0.2) is 30.7 Å². The molecule has 1 saturated heterocycles. The summed E-state index contributed by atoms with van der Waals surface area (Å²) in [5.41, 5.74) is 1.96. The van der Waals surface area contributed by atoms with Crippen LogP contribution < -0.4 is 0 Å². The zero-order chi connectivity index (χ0) is 16.2. The van der Waals surface area contributed by atoms with Crippen LogP contribution in [-0.2, 0) is 17.6 Å². The van der Waals surface area contributed by atoms with E-state index in [0.29, 0.717) is 12.5 Å².